The Morgan fingerprint density at radius 1 is 1.04 bits per heavy atom. The van der Waals surface area contributed by atoms with E-state index in [-0.39, 0.29) is 10.8 Å². The normalized spacial score (nSPS) is 11.0. The summed E-state index contributed by atoms with van der Waals surface area (Å²) >= 11 is 0. The minimum absolute atomic E-state index is 0.0599. The van der Waals surface area contributed by atoms with Gasteiger partial charge in [0.05, 0.1) is 24.5 Å². The number of furan rings is 1. The highest BCUT2D eigenvalue weighted by molar-refractivity contribution is 7.92. The van der Waals surface area contributed by atoms with Crippen molar-refractivity contribution in [3.05, 3.63) is 78.3 Å². The first-order valence-corrected chi connectivity index (χ1v) is 9.52. The molecule has 0 aliphatic heterocycles. The second-order valence-corrected chi connectivity index (χ2v) is 7.36. The summed E-state index contributed by atoms with van der Waals surface area (Å²) in [5.41, 5.74) is 1.62. The van der Waals surface area contributed by atoms with Crippen LogP contribution in [0.3, 0.4) is 0 Å². The highest BCUT2D eigenvalue weighted by Crippen LogP contribution is 2.19. The Balaban J connectivity index is 1.66. The molecule has 3 rings (SSSR count). The summed E-state index contributed by atoms with van der Waals surface area (Å²) in [5, 5.41) is 2.73. The van der Waals surface area contributed by atoms with Crippen molar-refractivity contribution in [1.82, 2.24) is 5.32 Å². The SMILES string of the molecule is COc1ccc(NS(=O)(=O)c2ccc(C(=O)NCc3ccoc3)cc2)cc1. The van der Waals surface area contributed by atoms with Crippen LogP contribution < -0.4 is 14.8 Å². The van der Waals surface area contributed by atoms with Gasteiger partial charge in [0, 0.05) is 23.4 Å². The minimum atomic E-state index is -3.76. The van der Waals surface area contributed by atoms with Gasteiger partial charge in [0.15, 0.2) is 0 Å². The molecule has 0 bridgehead atoms. The van der Waals surface area contributed by atoms with E-state index in [0.717, 1.165) is 5.56 Å². The number of hydrogen-bond acceptors (Lipinski definition) is 5. The van der Waals surface area contributed by atoms with E-state index >= 15 is 0 Å². The smallest absolute Gasteiger partial charge is 0.261 e. The summed E-state index contributed by atoms with van der Waals surface area (Å²) in [7, 11) is -2.22. The van der Waals surface area contributed by atoms with Crippen LogP contribution in [0.4, 0.5) is 5.69 Å². The number of carbonyl (C=O) groups is 1. The summed E-state index contributed by atoms with van der Waals surface area (Å²) in [4.78, 5) is 12.2. The zero-order valence-corrected chi connectivity index (χ0v) is 15.3. The Morgan fingerprint density at radius 3 is 2.33 bits per heavy atom. The number of rotatable bonds is 7. The van der Waals surface area contributed by atoms with Gasteiger partial charge >= 0.3 is 0 Å². The largest absolute Gasteiger partial charge is 0.497 e. The summed E-state index contributed by atoms with van der Waals surface area (Å²) in [5.74, 6) is 0.326. The monoisotopic (exact) mass is 386 g/mol. The molecule has 0 fully saturated rings. The average Bonchev–Trinajstić information content (AvgIpc) is 3.20. The Hall–Kier alpha value is -3.26. The molecule has 3 aromatic rings. The highest BCUT2D eigenvalue weighted by atomic mass is 32.2. The Morgan fingerprint density at radius 2 is 1.74 bits per heavy atom. The van der Waals surface area contributed by atoms with Gasteiger partial charge in [0.1, 0.15) is 5.75 Å². The molecule has 0 atom stereocenters. The Bertz CT molecular complexity index is 995. The quantitative estimate of drug-likeness (QED) is 0.650. The lowest BCUT2D eigenvalue weighted by atomic mass is 10.2. The zero-order chi connectivity index (χ0) is 19.3. The van der Waals surface area contributed by atoms with E-state index in [9.17, 15) is 13.2 Å². The molecule has 7 nitrogen and oxygen atoms in total. The topological polar surface area (TPSA) is 97.6 Å². The van der Waals surface area contributed by atoms with E-state index in [1.807, 2.05) is 0 Å². The van der Waals surface area contributed by atoms with Gasteiger partial charge in [-0.25, -0.2) is 8.42 Å². The van der Waals surface area contributed by atoms with Crippen LogP contribution in [0.1, 0.15) is 15.9 Å². The van der Waals surface area contributed by atoms with Gasteiger partial charge in [-0.05, 0) is 54.6 Å². The first-order valence-electron chi connectivity index (χ1n) is 8.04. The summed E-state index contributed by atoms with van der Waals surface area (Å²) < 4.78 is 37.4. The molecule has 0 saturated carbocycles. The minimum Gasteiger partial charge on any atom is -0.497 e. The van der Waals surface area contributed by atoms with Crippen molar-refractivity contribution in [2.75, 3.05) is 11.8 Å². The maximum atomic E-state index is 12.5. The van der Waals surface area contributed by atoms with E-state index < -0.39 is 10.0 Å². The lowest BCUT2D eigenvalue weighted by Crippen LogP contribution is -2.22. The van der Waals surface area contributed by atoms with Crippen molar-refractivity contribution in [2.24, 2.45) is 0 Å². The maximum absolute atomic E-state index is 12.5. The molecule has 0 spiro atoms. The van der Waals surface area contributed by atoms with Gasteiger partial charge in [-0.15, -0.1) is 0 Å². The molecule has 1 aromatic heterocycles. The second kappa shape index (κ2) is 7.96. The van der Waals surface area contributed by atoms with E-state index in [4.69, 9.17) is 9.15 Å². The standard InChI is InChI=1S/C19H18N2O5S/c1-25-17-6-4-16(5-7-17)21-27(23,24)18-8-2-15(3-9-18)19(22)20-12-14-10-11-26-13-14/h2-11,13,21H,12H2,1H3,(H,20,22). The fourth-order valence-electron chi connectivity index (χ4n) is 2.34. The molecule has 1 amide bonds. The molecule has 0 radical (unpaired) electrons. The van der Waals surface area contributed by atoms with E-state index in [1.165, 1.54) is 37.6 Å². The van der Waals surface area contributed by atoms with Crippen LogP contribution in [0.25, 0.3) is 0 Å². The molecule has 0 unspecified atom stereocenters. The van der Waals surface area contributed by atoms with E-state index in [0.29, 0.717) is 23.5 Å². The first kappa shape index (κ1) is 18.5. The second-order valence-electron chi connectivity index (χ2n) is 5.67. The van der Waals surface area contributed by atoms with Gasteiger partial charge in [-0.1, -0.05) is 0 Å². The van der Waals surface area contributed by atoms with Crippen molar-refractivity contribution >= 4 is 21.6 Å². The molecule has 0 aliphatic rings. The predicted molar refractivity (Wildman–Crippen MR) is 100 cm³/mol. The van der Waals surface area contributed by atoms with Crippen molar-refractivity contribution in [3.8, 4) is 5.75 Å². The number of nitrogens with one attached hydrogen (secondary N) is 2. The number of anilines is 1. The van der Waals surface area contributed by atoms with Gasteiger partial charge in [0.25, 0.3) is 15.9 Å². The summed E-state index contributed by atoms with van der Waals surface area (Å²) in [6.45, 7) is 0.328. The molecule has 140 valence electrons. The lowest BCUT2D eigenvalue weighted by molar-refractivity contribution is 0.0951. The number of amides is 1. The first-order chi connectivity index (χ1) is 13.0. The van der Waals surface area contributed by atoms with Gasteiger partial charge in [-0.3, -0.25) is 9.52 Å². The van der Waals surface area contributed by atoms with Crippen LogP contribution in [0, 0.1) is 0 Å². The molecule has 8 heteroatoms. The van der Waals surface area contributed by atoms with Crippen LogP contribution in [-0.2, 0) is 16.6 Å². The van der Waals surface area contributed by atoms with E-state index in [1.54, 1.807) is 36.6 Å². The number of ether oxygens (including phenoxy) is 1. The maximum Gasteiger partial charge on any atom is 0.261 e. The number of methoxy groups -OCH3 is 1. The fourth-order valence-corrected chi connectivity index (χ4v) is 3.39. The third-order valence-electron chi connectivity index (χ3n) is 3.80. The highest BCUT2D eigenvalue weighted by Gasteiger charge is 2.15. The van der Waals surface area contributed by atoms with Crippen LogP contribution in [0.5, 0.6) is 5.75 Å². The third-order valence-corrected chi connectivity index (χ3v) is 5.20. The average molecular weight is 386 g/mol. The molecule has 1 heterocycles. The Labute approximate surface area is 157 Å². The number of sulfonamides is 1. The van der Waals surface area contributed by atoms with Crippen molar-refractivity contribution in [1.29, 1.82) is 0 Å². The van der Waals surface area contributed by atoms with Gasteiger partial charge in [0.2, 0.25) is 0 Å². The number of benzene rings is 2. The summed E-state index contributed by atoms with van der Waals surface area (Å²) in [6, 6.07) is 14.0. The predicted octanol–water partition coefficient (Wildman–Crippen LogP) is 3.02. The summed E-state index contributed by atoms with van der Waals surface area (Å²) in [6.07, 6.45) is 3.07. The van der Waals surface area contributed by atoms with Crippen molar-refractivity contribution in [3.63, 3.8) is 0 Å². The molecular formula is C19H18N2O5S. The van der Waals surface area contributed by atoms with Crippen LogP contribution in [0.15, 0.2) is 76.4 Å². The van der Waals surface area contributed by atoms with Crippen molar-refractivity contribution < 1.29 is 22.4 Å². The van der Waals surface area contributed by atoms with E-state index in [2.05, 4.69) is 10.0 Å². The molecule has 27 heavy (non-hydrogen) atoms. The van der Waals surface area contributed by atoms with Crippen molar-refractivity contribution in [2.45, 2.75) is 11.4 Å². The van der Waals surface area contributed by atoms with Crippen LogP contribution >= 0.6 is 0 Å². The fraction of sp³-hybridized carbons (Fsp3) is 0.105. The Kier molecular flexibility index (Phi) is 5.46. The van der Waals surface area contributed by atoms with Crippen LogP contribution in [-0.4, -0.2) is 21.4 Å². The number of hydrogen-bond donors (Lipinski definition) is 2. The lowest BCUT2D eigenvalue weighted by Gasteiger charge is -2.09. The molecule has 2 aromatic carbocycles. The molecule has 0 saturated heterocycles. The van der Waals surface area contributed by atoms with Gasteiger partial charge < -0.3 is 14.5 Å². The third kappa shape index (κ3) is 4.68. The van der Waals surface area contributed by atoms with Gasteiger partial charge in [-0.2, -0.15) is 0 Å². The van der Waals surface area contributed by atoms with Crippen LogP contribution in [0.2, 0.25) is 0 Å². The molecule has 2 N–H and O–H groups in total. The zero-order valence-electron chi connectivity index (χ0n) is 14.5. The number of carbonyl (C=O) groups excluding carboxylic acids is 1. The molecular weight excluding hydrogens is 368 g/mol. The molecule has 0 aliphatic carbocycles.